The summed E-state index contributed by atoms with van der Waals surface area (Å²) in [6.45, 7) is 0. The van der Waals surface area contributed by atoms with Gasteiger partial charge < -0.3 is 5.32 Å². The Bertz CT molecular complexity index is 730. The summed E-state index contributed by atoms with van der Waals surface area (Å²) >= 11 is 5.81. The molecule has 1 aliphatic rings. The van der Waals surface area contributed by atoms with Gasteiger partial charge in [0.25, 0.3) is 11.8 Å². The summed E-state index contributed by atoms with van der Waals surface area (Å²) in [6, 6.07) is 10.2. The fourth-order valence-electron chi connectivity index (χ4n) is 2.06. The number of carbonyl (C=O) groups excluding carboxylic acids is 2. The molecule has 3 rings (SSSR count). The third-order valence-electron chi connectivity index (χ3n) is 3.08. The summed E-state index contributed by atoms with van der Waals surface area (Å²) < 4.78 is 0. The molecule has 20 heavy (non-hydrogen) atoms. The van der Waals surface area contributed by atoms with Gasteiger partial charge in [-0.15, -0.1) is 0 Å². The molecule has 0 spiro atoms. The molecular formula is C14H10ClN3O2. The Morgan fingerprint density at radius 2 is 1.85 bits per heavy atom. The number of nitrogens with one attached hydrogen (secondary N) is 1. The van der Waals surface area contributed by atoms with Crippen LogP contribution in [-0.4, -0.2) is 28.7 Å². The van der Waals surface area contributed by atoms with Crippen LogP contribution >= 0.6 is 11.6 Å². The number of imide groups is 1. The van der Waals surface area contributed by atoms with Crippen molar-refractivity contribution in [1.29, 1.82) is 0 Å². The number of fused-ring (bicyclic) bond motifs is 1. The first-order valence-electron chi connectivity index (χ1n) is 5.92. The van der Waals surface area contributed by atoms with Gasteiger partial charge in [0.15, 0.2) is 0 Å². The van der Waals surface area contributed by atoms with E-state index in [0.717, 1.165) is 4.90 Å². The van der Waals surface area contributed by atoms with Crippen LogP contribution in [0.2, 0.25) is 5.15 Å². The summed E-state index contributed by atoms with van der Waals surface area (Å²) in [5.41, 5.74) is 1.49. The molecule has 1 aromatic heterocycles. The molecule has 0 fully saturated rings. The zero-order valence-electron chi connectivity index (χ0n) is 10.6. The molecule has 5 nitrogen and oxygen atoms in total. The average Bonchev–Trinajstić information content (AvgIpc) is 2.64. The van der Waals surface area contributed by atoms with E-state index in [0.29, 0.717) is 27.8 Å². The molecule has 0 atom stereocenters. The van der Waals surface area contributed by atoms with Gasteiger partial charge >= 0.3 is 0 Å². The lowest BCUT2D eigenvalue weighted by molar-refractivity contribution is 0.0693. The van der Waals surface area contributed by atoms with Gasteiger partial charge in [0.05, 0.1) is 11.1 Å². The topological polar surface area (TPSA) is 62.3 Å². The monoisotopic (exact) mass is 287 g/mol. The maximum absolute atomic E-state index is 11.9. The van der Waals surface area contributed by atoms with E-state index in [-0.39, 0.29) is 11.8 Å². The highest BCUT2D eigenvalue weighted by atomic mass is 35.5. The standard InChI is InChI=1S/C14H10ClN3O2/c1-18-13(19)9-6-5-8(7-10(9)14(18)20)16-12-4-2-3-11(15)17-12/h2-7H,1H3,(H,16,17). The van der Waals surface area contributed by atoms with Crippen LogP contribution in [0, 0.1) is 0 Å². The molecule has 0 unspecified atom stereocenters. The van der Waals surface area contributed by atoms with E-state index < -0.39 is 0 Å². The van der Waals surface area contributed by atoms with E-state index in [1.165, 1.54) is 7.05 Å². The first-order chi connectivity index (χ1) is 9.56. The van der Waals surface area contributed by atoms with Gasteiger partial charge in [-0.05, 0) is 30.3 Å². The molecule has 1 N–H and O–H groups in total. The van der Waals surface area contributed by atoms with Gasteiger partial charge in [-0.3, -0.25) is 14.5 Å². The number of aromatic nitrogens is 1. The van der Waals surface area contributed by atoms with Crippen molar-refractivity contribution in [2.45, 2.75) is 0 Å². The minimum atomic E-state index is -0.298. The first-order valence-corrected chi connectivity index (χ1v) is 6.30. The summed E-state index contributed by atoms with van der Waals surface area (Å²) in [4.78, 5) is 28.9. The summed E-state index contributed by atoms with van der Waals surface area (Å²) in [7, 11) is 1.47. The number of amides is 2. The Morgan fingerprint density at radius 1 is 1.10 bits per heavy atom. The lowest BCUT2D eigenvalue weighted by Crippen LogP contribution is -2.24. The first kappa shape index (κ1) is 12.6. The summed E-state index contributed by atoms with van der Waals surface area (Å²) in [5, 5.41) is 3.42. The third kappa shape index (κ3) is 2.02. The van der Waals surface area contributed by atoms with Gasteiger partial charge in [-0.25, -0.2) is 4.98 Å². The van der Waals surface area contributed by atoms with Crippen molar-refractivity contribution < 1.29 is 9.59 Å². The minimum Gasteiger partial charge on any atom is -0.340 e. The number of hydrogen-bond donors (Lipinski definition) is 1. The fourth-order valence-corrected chi connectivity index (χ4v) is 2.23. The van der Waals surface area contributed by atoms with Gasteiger partial charge in [0.2, 0.25) is 0 Å². The minimum absolute atomic E-state index is 0.280. The SMILES string of the molecule is CN1C(=O)c2ccc(Nc3cccc(Cl)n3)cc2C1=O. The van der Waals surface area contributed by atoms with Crippen LogP contribution in [0.1, 0.15) is 20.7 Å². The van der Waals surface area contributed by atoms with Crippen molar-refractivity contribution in [3.8, 4) is 0 Å². The molecule has 1 aromatic carbocycles. The van der Waals surface area contributed by atoms with Crippen LogP contribution in [0.3, 0.4) is 0 Å². The van der Waals surface area contributed by atoms with Crippen molar-refractivity contribution in [2.24, 2.45) is 0 Å². The predicted octanol–water partition coefficient (Wildman–Crippen LogP) is 2.70. The highest BCUT2D eigenvalue weighted by molar-refractivity contribution is 6.29. The lowest BCUT2D eigenvalue weighted by atomic mass is 10.1. The number of hydrogen-bond acceptors (Lipinski definition) is 4. The largest absolute Gasteiger partial charge is 0.340 e. The summed E-state index contributed by atoms with van der Waals surface area (Å²) in [6.07, 6.45) is 0. The fraction of sp³-hybridized carbons (Fsp3) is 0.0714. The van der Waals surface area contributed by atoms with Gasteiger partial charge in [0.1, 0.15) is 11.0 Å². The Morgan fingerprint density at radius 3 is 2.60 bits per heavy atom. The molecule has 0 radical (unpaired) electrons. The van der Waals surface area contributed by atoms with Gasteiger partial charge in [0, 0.05) is 12.7 Å². The number of carbonyl (C=O) groups is 2. The second kappa shape index (κ2) is 4.61. The Labute approximate surface area is 120 Å². The number of pyridine rings is 1. The predicted molar refractivity (Wildman–Crippen MR) is 75.4 cm³/mol. The van der Waals surface area contributed by atoms with Crippen LogP contribution < -0.4 is 5.32 Å². The molecule has 2 heterocycles. The number of rotatable bonds is 2. The van der Waals surface area contributed by atoms with Crippen LogP contribution in [-0.2, 0) is 0 Å². The van der Waals surface area contributed by atoms with Crippen molar-refractivity contribution >= 4 is 34.9 Å². The Kier molecular flexibility index (Phi) is 2.91. The van der Waals surface area contributed by atoms with E-state index >= 15 is 0 Å². The molecular weight excluding hydrogens is 278 g/mol. The van der Waals surface area contributed by atoms with Crippen LogP contribution in [0.4, 0.5) is 11.5 Å². The molecule has 100 valence electrons. The quantitative estimate of drug-likeness (QED) is 0.681. The van der Waals surface area contributed by atoms with Crippen molar-refractivity contribution in [2.75, 3.05) is 12.4 Å². The second-order valence-electron chi connectivity index (χ2n) is 4.40. The van der Waals surface area contributed by atoms with Crippen molar-refractivity contribution in [1.82, 2.24) is 9.88 Å². The van der Waals surface area contributed by atoms with E-state index in [2.05, 4.69) is 10.3 Å². The van der Waals surface area contributed by atoms with Crippen LogP contribution in [0.15, 0.2) is 36.4 Å². The van der Waals surface area contributed by atoms with E-state index in [9.17, 15) is 9.59 Å². The lowest BCUT2D eigenvalue weighted by Gasteiger charge is -2.06. The van der Waals surface area contributed by atoms with Crippen LogP contribution in [0.25, 0.3) is 0 Å². The molecule has 1 aliphatic heterocycles. The van der Waals surface area contributed by atoms with Crippen LogP contribution in [0.5, 0.6) is 0 Å². The Hall–Kier alpha value is -2.40. The number of nitrogens with zero attached hydrogens (tertiary/aromatic N) is 2. The molecule has 0 aliphatic carbocycles. The molecule has 2 aromatic rings. The molecule has 6 heteroatoms. The van der Waals surface area contributed by atoms with E-state index in [1.54, 1.807) is 36.4 Å². The highest BCUT2D eigenvalue weighted by Crippen LogP contribution is 2.26. The molecule has 2 amide bonds. The second-order valence-corrected chi connectivity index (χ2v) is 4.79. The molecule has 0 bridgehead atoms. The maximum atomic E-state index is 11.9. The third-order valence-corrected chi connectivity index (χ3v) is 3.29. The number of halogens is 1. The maximum Gasteiger partial charge on any atom is 0.261 e. The smallest absolute Gasteiger partial charge is 0.261 e. The van der Waals surface area contributed by atoms with Crippen molar-refractivity contribution in [3.05, 3.63) is 52.7 Å². The number of anilines is 2. The van der Waals surface area contributed by atoms with Gasteiger partial charge in [-0.2, -0.15) is 0 Å². The van der Waals surface area contributed by atoms with Gasteiger partial charge in [-0.1, -0.05) is 17.7 Å². The summed E-state index contributed by atoms with van der Waals surface area (Å²) in [5.74, 6) is -0.00675. The van der Waals surface area contributed by atoms with Crippen molar-refractivity contribution in [3.63, 3.8) is 0 Å². The zero-order chi connectivity index (χ0) is 14.3. The number of benzene rings is 1. The Balaban J connectivity index is 1.95. The normalized spacial score (nSPS) is 13.6. The molecule has 0 saturated heterocycles. The van der Waals surface area contributed by atoms with E-state index in [4.69, 9.17) is 11.6 Å². The van der Waals surface area contributed by atoms with E-state index in [1.807, 2.05) is 0 Å². The molecule has 0 saturated carbocycles. The zero-order valence-corrected chi connectivity index (χ0v) is 11.3. The average molecular weight is 288 g/mol. The highest BCUT2D eigenvalue weighted by Gasteiger charge is 2.32.